The van der Waals surface area contributed by atoms with Crippen LogP contribution in [0.1, 0.15) is 23.1 Å². The van der Waals surface area contributed by atoms with Gasteiger partial charge in [-0.1, -0.05) is 0 Å². The second-order valence-electron chi connectivity index (χ2n) is 3.29. The quantitative estimate of drug-likeness (QED) is 0.659. The number of aryl methyl sites for hydroxylation is 1. The first-order chi connectivity index (χ1) is 6.68. The van der Waals surface area contributed by atoms with Crippen LogP contribution in [0.2, 0.25) is 0 Å². The second-order valence-corrected chi connectivity index (χ2v) is 3.29. The monoisotopic (exact) mass is 193 g/mol. The highest BCUT2D eigenvalue weighted by Gasteiger charge is 2.26. The van der Waals surface area contributed by atoms with Gasteiger partial charge >= 0.3 is 5.97 Å². The Morgan fingerprint density at radius 3 is 3.21 bits per heavy atom. The van der Waals surface area contributed by atoms with E-state index in [4.69, 9.17) is 5.11 Å². The molecule has 1 aromatic rings. The normalized spacial score (nSPS) is 20.2. The molecule has 1 aromatic heterocycles. The molecule has 1 aliphatic heterocycles. The number of rotatable bonds is 1. The highest BCUT2D eigenvalue weighted by molar-refractivity contribution is 5.76. The Hall–Kier alpha value is -1.49. The van der Waals surface area contributed by atoms with Gasteiger partial charge < -0.3 is 10.4 Å². The fourth-order valence-corrected chi connectivity index (χ4v) is 1.63. The Kier molecular flexibility index (Phi) is 2.17. The summed E-state index contributed by atoms with van der Waals surface area (Å²) in [4.78, 5) is 19.1. The van der Waals surface area contributed by atoms with Gasteiger partial charge in [0.2, 0.25) is 0 Å². The first-order valence-electron chi connectivity index (χ1n) is 4.47. The van der Waals surface area contributed by atoms with E-state index in [9.17, 15) is 4.79 Å². The van der Waals surface area contributed by atoms with E-state index >= 15 is 0 Å². The molecule has 0 aromatic carbocycles. The number of carboxylic acids is 1. The van der Waals surface area contributed by atoms with Crippen molar-refractivity contribution < 1.29 is 9.90 Å². The molecular weight excluding hydrogens is 182 g/mol. The predicted molar refractivity (Wildman–Crippen MR) is 48.9 cm³/mol. The van der Waals surface area contributed by atoms with Crippen molar-refractivity contribution in [2.75, 3.05) is 6.54 Å². The summed E-state index contributed by atoms with van der Waals surface area (Å²) in [6, 6.07) is -0.653. The third-order valence-electron chi connectivity index (χ3n) is 2.29. The standard InChI is InChI=1S/C9H11N3O2/c1-5-11-4-6-7(12-5)2-3-10-8(6)9(13)14/h4,8,10H,2-3H2,1H3,(H,13,14). The molecule has 0 amide bonds. The van der Waals surface area contributed by atoms with E-state index in [-0.39, 0.29) is 0 Å². The molecule has 74 valence electrons. The molecule has 2 rings (SSSR count). The van der Waals surface area contributed by atoms with E-state index in [1.807, 2.05) is 0 Å². The lowest BCUT2D eigenvalue weighted by Gasteiger charge is -2.22. The van der Waals surface area contributed by atoms with Gasteiger partial charge in [0, 0.05) is 24.7 Å². The van der Waals surface area contributed by atoms with Crippen LogP contribution < -0.4 is 5.32 Å². The molecule has 0 saturated carbocycles. The zero-order valence-corrected chi connectivity index (χ0v) is 7.82. The average molecular weight is 193 g/mol. The number of aromatic nitrogens is 2. The summed E-state index contributed by atoms with van der Waals surface area (Å²) in [5.41, 5.74) is 1.54. The van der Waals surface area contributed by atoms with Gasteiger partial charge in [0.25, 0.3) is 0 Å². The SMILES string of the molecule is Cc1ncc2c(n1)CCNC2C(=O)O. The van der Waals surface area contributed by atoms with Crippen molar-refractivity contribution >= 4 is 5.97 Å². The largest absolute Gasteiger partial charge is 0.480 e. The molecule has 0 spiro atoms. The Morgan fingerprint density at radius 1 is 1.71 bits per heavy atom. The van der Waals surface area contributed by atoms with Gasteiger partial charge in [-0.3, -0.25) is 4.79 Å². The van der Waals surface area contributed by atoms with Crippen LogP contribution in [-0.4, -0.2) is 27.6 Å². The number of carboxylic acid groups (broad SMARTS) is 1. The van der Waals surface area contributed by atoms with E-state index in [0.29, 0.717) is 17.9 Å². The minimum atomic E-state index is -0.876. The van der Waals surface area contributed by atoms with Crippen molar-refractivity contribution in [3.05, 3.63) is 23.3 Å². The summed E-state index contributed by atoms with van der Waals surface area (Å²) < 4.78 is 0. The van der Waals surface area contributed by atoms with Crippen LogP contribution in [0, 0.1) is 6.92 Å². The number of carbonyl (C=O) groups is 1. The van der Waals surface area contributed by atoms with Crippen molar-refractivity contribution in [2.45, 2.75) is 19.4 Å². The molecule has 0 bridgehead atoms. The Balaban J connectivity index is 2.44. The smallest absolute Gasteiger partial charge is 0.325 e. The number of nitrogens with zero attached hydrogens (tertiary/aromatic N) is 2. The van der Waals surface area contributed by atoms with Gasteiger partial charge in [0.1, 0.15) is 11.9 Å². The van der Waals surface area contributed by atoms with Crippen LogP contribution in [0.3, 0.4) is 0 Å². The topological polar surface area (TPSA) is 75.1 Å². The van der Waals surface area contributed by atoms with Crippen molar-refractivity contribution in [1.82, 2.24) is 15.3 Å². The Labute approximate surface area is 81.2 Å². The lowest BCUT2D eigenvalue weighted by Crippen LogP contribution is -2.35. The molecule has 0 fully saturated rings. The second kappa shape index (κ2) is 3.34. The number of nitrogens with one attached hydrogen (secondary N) is 1. The molecular formula is C9H11N3O2. The fraction of sp³-hybridized carbons (Fsp3) is 0.444. The van der Waals surface area contributed by atoms with Gasteiger partial charge in [0.05, 0.1) is 5.69 Å². The maximum Gasteiger partial charge on any atom is 0.325 e. The molecule has 14 heavy (non-hydrogen) atoms. The van der Waals surface area contributed by atoms with E-state index < -0.39 is 12.0 Å². The highest BCUT2D eigenvalue weighted by Crippen LogP contribution is 2.20. The van der Waals surface area contributed by atoms with E-state index in [1.165, 1.54) is 0 Å². The zero-order chi connectivity index (χ0) is 10.1. The fourth-order valence-electron chi connectivity index (χ4n) is 1.63. The zero-order valence-electron chi connectivity index (χ0n) is 7.82. The first-order valence-corrected chi connectivity index (χ1v) is 4.47. The summed E-state index contributed by atoms with van der Waals surface area (Å²) in [6.07, 6.45) is 2.37. The van der Waals surface area contributed by atoms with Crippen LogP contribution >= 0.6 is 0 Å². The van der Waals surface area contributed by atoms with Crippen LogP contribution in [0.25, 0.3) is 0 Å². The highest BCUT2D eigenvalue weighted by atomic mass is 16.4. The minimum Gasteiger partial charge on any atom is -0.480 e. The summed E-state index contributed by atoms with van der Waals surface area (Å²) in [7, 11) is 0. The lowest BCUT2D eigenvalue weighted by molar-refractivity contribution is -0.139. The third-order valence-corrected chi connectivity index (χ3v) is 2.29. The van der Waals surface area contributed by atoms with Crippen LogP contribution in [-0.2, 0) is 11.2 Å². The lowest BCUT2D eigenvalue weighted by atomic mass is 10.0. The van der Waals surface area contributed by atoms with Gasteiger partial charge in [-0.2, -0.15) is 0 Å². The van der Waals surface area contributed by atoms with Crippen molar-refractivity contribution in [3.63, 3.8) is 0 Å². The van der Waals surface area contributed by atoms with Crippen LogP contribution in [0.15, 0.2) is 6.20 Å². The Morgan fingerprint density at radius 2 is 2.50 bits per heavy atom. The summed E-state index contributed by atoms with van der Waals surface area (Å²) in [5, 5.41) is 11.9. The number of aliphatic carboxylic acids is 1. The summed E-state index contributed by atoms with van der Waals surface area (Å²) in [6.45, 7) is 2.46. The van der Waals surface area contributed by atoms with Crippen LogP contribution in [0.5, 0.6) is 0 Å². The summed E-state index contributed by atoms with van der Waals surface area (Å²) >= 11 is 0. The molecule has 5 nitrogen and oxygen atoms in total. The van der Waals surface area contributed by atoms with Gasteiger partial charge in [-0.05, 0) is 6.92 Å². The molecule has 1 unspecified atom stereocenters. The van der Waals surface area contributed by atoms with E-state index in [2.05, 4.69) is 15.3 Å². The number of hydrogen-bond donors (Lipinski definition) is 2. The molecule has 2 heterocycles. The van der Waals surface area contributed by atoms with E-state index in [1.54, 1.807) is 13.1 Å². The minimum absolute atomic E-state index is 0.653. The van der Waals surface area contributed by atoms with E-state index in [0.717, 1.165) is 12.1 Å². The molecule has 0 saturated heterocycles. The number of hydrogen-bond acceptors (Lipinski definition) is 4. The van der Waals surface area contributed by atoms with Crippen molar-refractivity contribution in [3.8, 4) is 0 Å². The average Bonchev–Trinajstić information content (AvgIpc) is 2.16. The molecule has 0 aliphatic carbocycles. The first kappa shape index (κ1) is 9.08. The van der Waals surface area contributed by atoms with Crippen LogP contribution in [0.4, 0.5) is 0 Å². The third kappa shape index (κ3) is 1.46. The van der Waals surface area contributed by atoms with Gasteiger partial charge in [-0.15, -0.1) is 0 Å². The molecule has 0 radical (unpaired) electrons. The van der Waals surface area contributed by atoms with Gasteiger partial charge in [0.15, 0.2) is 0 Å². The maximum absolute atomic E-state index is 10.9. The van der Waals surface area contributed by atoms with Crippen molar-refractivity contribution in [1.29, 1.82) is 0 Å². The predicted octanol–water partition coefficient (Wildman–Crippen LogP) is 0.0564. The Bertz CT molecular complexity index is 378. The maximum atomic E-state index is 10.9. The number of fused-ring (bicyclic) bond motifs is 1. The summed E-state index contributed by atoms with van der Waals surface area (Å²) in [5.74, 6) is -0.187. The van der Waals surface area contributed by atoms with Gasteiger partial charge in [-0.25, -0.2) is 9.97 Å². The molecule has 2 N–H and O–H groups in total. The molecule has 1 atom stereocenters. The van der Waals surface area contributed by atoms with Crippen molar-refractivity contribution in [2.24, 2.45) is 0 Å². The molecule has 1 aliphatic rings. The molecule has 5 heteroatoms.